The van der Waals surface area contributed by atoms with Crippen LogP contribution in [0.4, 0.5) is 0 Å². The van der Waals surface area contributed by atoms with Gasteiger partial charge in [-0.3, -0.25) is 4.79 Å². The molecule has 0 rings (SSSR count). The molecule has 0 spiro atoms. The van der Waals surface area contributed by atoms with Crippen molar-refractivity contribution in [1.82, 2.24) is 0 Å². The van der Waals surface area contributed by atoms with Crippen molar-refractivity contribution in [3.63, 3.8) is 0 Å². The van der Waals surface area contributed by atoms with Crippen LogP contribution >= 0.6 is 0 Å². The molecule has 0 unspecified atom stereocenters. The number of carbonyl (C=O) groups is 1. The quantitative estimate of drug-likeness (QED) is 0.416. The second kappa shape index (κ2) is 11.9. The zero-order valence-electron chi connectivity index (χ0n) is 5.11. The van der Waals surface area contributed by atoms with Crippen molar-refractivity contribution >= 4 is 84.7 Å². The van der Waals surface area contributed by atoms with Gasteiger partial charge in [-0.1, -0.05) is 0 Å². The van der Waals surface area contributed by atoms with Crippen LogP contribution in [0.3, 0.4) is 0 Å². The van der Waals surface area contributed by atoms with Gasteiger partial charge in [0, 0.05) is 6.92 Å². The van der Waals surface area contributed by atoms with E-state index < -0.39 is 18.9 Å². The SMILES string of the molecule is CC(=O)O.[KH].[O]=[Mn](=[O])(=[O])[OH].[PbH2]. The molecule has 0 saturated carbocycles. The first-order chi connectivity index (χ1) is 3.73. The van der Waals surface area contributed by atoms with E-state index in [0.717, 1.165) is 6.92 Å². The van der Waals surface area contributed by atoms with Crippen LogP contribution in [0.5, 0.6) is 0 Å². The van der Waals surface area contributed by atoms with E-state index >= 15 is 0 Å². The fraction of sp³-hybridized carbons (Fsp3) is 0.500. The number of aliphatic carboxylic acids is 1. The summed E-state index contributed by atoms with van der Waals surface area (Å²) in [5.74, 6) is -0.833. The molecule has 0 aliphatic rings. The standard InChI is InChI=1S/C2H4O2.K.Mn.H2O.3O.Pb.3H/c1-2(3)4;;;;;;;;;;/h1H3,(H,3,4);;;1H2;;;;;;;/q;;+1;;;;;;;;/p-1. The van der Waals surface area contributed by atoms with Gasteiger partial charge >= 0.3 is 107 Å². The van der Waals surface area contributed by atoms with Crippen molar-refractivity contribution in [2.24, 2.45) is 0 Å². The van der Waals surface area contributed by atoms with E-state index in [1.165, 1.54) is 0 Å². The van der Waals surface area contributed by atoms with Gasteiger partial charge in [0.1, 0.15) is 0 Å². The Labute approximate surface area is 127 Å². The van der Waals surface area contributed by atoms with E-state index in [9.17, 15) is 0 Å². The van der Waals surface area contributed by atoms with Crippen LogP contribution in [0.15, 0.2) is 0 Å². The number of rotatable bonds is 0. The summed E-state index contributed by atoms with van der Waals surface area (Å²) in [5, 5.41) is 7.42. The molecule has 0 fully saturated rings. The molecule has 0 saturated heterocycles. The first kappa shape index (κ1) is 23.1. The summed E-state index contributed by atoms with van der Waals surface area (Å²) >= 11 is -5.38. The minimum absolute atomic E-state index is 0. The van der Waals surface area contributed by atoms with Crippen LogP contribution in [0.2, 0.25) is 0 Å². The molecule has 0 aromatic heterocycles. The Kier molecular flexibility index (Phi) is 25.0. The second-order valence-corrected chi connectivity index (χ2v) is 2.15. The average Bonchev–Trinajstić information content (AvgIpc) is 1.19. The molecule has 6 nitrogen and oxygen atoms in total. The van der Waals surface area contributed by atoms with E-state index in [2.05, 4.69) is 0 Å². The fourth-order valence-electron chi connectivity index (χ4n) is 0. The topological polar surface area (TPSA) is 109 Å². The molecule has 11 heavy (non-hydrogen) atoms. The van der Waals surface area contributed by atoms with Gasteiger partial charge in [-0.05, 0) is 0 Å². The molecule has 0 atom stereocenters. The van der Waals surface area contributed by atoms with Crippen molar-refractivity contribution in [2.45, 2.75) is 6.92 Å². The van der Waals surface area contributed by atoms with Gasteiger partial charge in [-0.15, -0.1) is 0 Å². The Morgan fingerprint density at radius 3 is 1.27 bits per heavy atom. The zero-order chi connectivity index (χ0) is 8.08. The molecule has 64 valence electrons. The third-order valence-electron chi connectivity index (χ3n) is 0. The van der Waals surface area contributed by atoms with Crippen molar-refractivity contribution in [3.8, 4) is 0 Å². The summed E-state index contributed by atoms with van der Waals surface area (Å²) < 4.78 is 33.1. The van der Waals surface area contributed by atoms with Crippen LogP contribution in [0.1, 0.15) is 6.92 Å². The maximum atomic E-state index is 9.00. The molecule has 0 aliphatic heterocycles. The maximum absolute atomic E-state index is 9.00. The van der Waals surface area contributed by atoms with Crippen LogP contribution in [-0.2, 0) is 29.3 Å². The van der Waals surface area contributed by atoms with Crippen LogP contribution in [0.25, 0.3) is 0 Å². The Hall–Kier alpha value is 1.91. The first-order valence-electron chi connectivity index (χ1n) is 1.56. The Balaban J connectivity index is -0.0000000383. The second-order valence-electron chi connectivity index (χ2n) is 0.915. The molecular formula is C2H8KMnO6Pb. The van der Waals surface area contributed by atoms with E-state index in [4.69, 9.17) is 25.6 Å². The Bertz CT molecular complexity index is 206. The zero-order valence-corrected chi connectivity index (χ0v) is 11.8. The predicted molar refractivity (Wildman–Crippen MR) is 33.3 cm³/mol. The van der Waals surface area contributed by atoms with Crippen LogP contribution < -0.4 is 0 Å². The van der Waals surface area contributed by atoms with Crippen LogP contribution in [-0.4, -0.2) is 93.9 Å². The third kappa shape index (κ3) is 321. The Morgan fingerprint density at radius 2 is 1.27 bits per heavy atom. The summed E-state index contributed by atoms with van der Waals surface area (Å²) in [4.78, 5) is 9.00. The number of hydrogen-bond acceptors (Lipinski definition) is 4. The van der Waals surface area contributed by atoms with Gasteiger partial charge in [-0.25, -0.2) is 0 Å². The summed E-state index contributed by atoms with van der Waals surface area (Å²) in [6.07, 6.45) is 0. The van der Waals surface area contributed by atoms with Crippen molar-refractivity contribution in [2.75, 3.05) is 0 Å². The van der Waals surface area contributed by atoms with Gasteiger partial charge in [0.25, 0.3) is 5.97 Å². The van der Waals surface area contributed by atoms with Gasteiger partial charge in [-0.2, -0.15) is 0 Å². The van der Waals surface area contributed by atoms with Crippen LogP contribution in [0, 0.1) is 0 Å². The van der Waals surface area contributed by atoms with Crippen molar-refractivity contribution in [3.05, 3.63) is 0 Å². The number of hydrogen-bond donors (Lipinski definition) is 2. The third-order valence-corrected chi connectivity index (χ3v) is 0. The molecule has 9 heteroatoms. The van der Waals surface area contributed by atoms with E-state index in [1.54, 1.807) is 0 Å². The van der Waals surface area contributed by atoms with E-state index in [0.29, 0.717) is 0 Å². The molecule has 0 aliphatic carbocycles. The predicted octanol–water partition coefficient (Wildman–Crippen LogP) is -2.39. The molecule has 2 N–H and O–H groups in total. The Morgan fingerprint density at radius 1 is 1.27 bits per heavy atom. The minimum atomic E-state index is -5.38. The van der Waals surface area contributed by atoms with Gasteiger partial charge in [0.15, 0.2) is 0 Å². The molecular weight excluding hydrogens is 421 g/mol. The molecule has 0 bridgehead atoms. The van der Waals surface area contributed by atoms with Crippen molar-refractivity contribution in [1.29, 1.82) is 0 Å². The molecule has 0 amide bonds. The monoisotopic (exact) mass is 430 g/mol. The average molecular weight is 429 g/mol. The molecule has 0 heterocycles. The summed E-state index contributed by atoms with van der Waals surface area (Å²) in [6.45, 7) is 1.08. The normalized spacial score (nSPS) is 7.45. The fourth-order valence-corrected chi connectivity index (χ4v) is 0. The van der Waals surface area contributed by atoms with E-state index in [1.807, 2.05) is 0 Å². The molecule has 0 aromatic carbocycles. The number of carboxylic acid groups (broad SMARTS) is 1. The summed E-state index contributed by atoms with van der Waals surface area (Å²) in [5.41, 5.74) is 0. The first-order valence-corrected chi connectivity index (χ1v) is 3.53. The van der Waals surface area contributed by atoms with Gasteiger partial charge in [0.05, 0.1) is 0 Å². The number of carboxylic acids is 1. The molecule has 0 aromatic rings. The summed E-state index contributed by atoms with van der Waals surface area (Å²) in [7, 11) is 0. The summed E-state index contributed by atoms with van der Waals surface area (Å²) in [6, 6.07) is 0. The van der Waals surface area contributed by atoms with Crippen molar-refractivity contribution < 1.29 is 38.6 Å². The van der Waals surface area contributed by atoms with Gasteiger partial charge < -0.3 is 5.11 Å². The van der Waals surface area contributed by atoms with E-state index in [-0.39, 0.29) is 78.7 Å². The van der Waals surface area contributed by atoms with Gasteiger partial charge in [0.2, 0.25) is 0 Å². The molecule has 2 radical (unpaired) electrons.